The number of nitrogens with one attached hydrogen (secondary N) is 1. The van der Waals surface area contributed by atoms with Gasteiger partial charge in [0.2, 0.25) is 10.0 Å². The van der Waals surface area contributed by atoms with Gasteiger partial charge in [-0.3, -0.25) is 0 Å². The van der Waals surface area contributed by atoms with Gasteiger partial charge in [0, 0.05) is 19.0 Å². The summed E-state index contributed by atoms with van der Waals surface area (Å²) in [5, 5.41) is 13.9. The number of nitrogens with zero attached hydrogens (tertiary/aromatic N) is 4. The van der Waals surface area contributed by atoms with Crippen molar-refractivity contribution < 1.29 is 13.2 Å². The Bertz CT molecular complexity index is 715. The molecule has 1 aromatic carbocycles. The first-order valence-corrected chi connectivity index (χ1v) is 8.43. The highest BCUT2D eigenvalue weighted by molar-refractivity contribution is 7.89. The Morgan fingerprint density at radius 1 is 1.32 bits per heavy atom. The fraction of sp³-hybridized carbons (Fsp3) is 0.462. The normalized spacial score (nSPS) is 20.0. The van der Waals surface area contributed by atoms with Crippen LogP contribution in [-0.4, -0.2) is 53.5 Å². The zero-order valence-electron chi connectivity index (χ0n) is 12.1. The van der Waals surface area contributed by atoms with Gasteiger partial charge in [-0.25, -0.2) is 8.42 Å². The second-order valence-electron chi connectivity index (χ2n) is 5.15. The molecule has 2 aromatic rings. The highest BCUT2D eigenvalue weighted by Crippen LogP contribution is 2.28. The molecule has 2 heterocycles. The van der Waals surface area contributed by atoms with Crippen LogP contribution >= 0.6 is 0 Å². The number of methoxy groups -OCH3 is 1. The zero-order valence-corrected chi connectivity index (χ0v) is 13.0. The minimum Gasteiger partial charge on any atom is -0.497 e. The topological polar surface area (TPSA) is 101 Å². The van der Waals surface area contributed by atoms with Crippen molar-refractivity contribution in [3.63, 3.8) is 0 Å². The lowest BCUT2D eigenvalue weighted by Crippen LogP contribution is -2.39. The molecule has 0 aliphatic carbocycles. The van der Waals surface area contributed by atoms with Gasteiger partial charge >= 0.3 is 0 Å². The molecule has 1 unspecified atom stereocenters. The number of aromatic amines is 1. The standard InChI is InChI=1S/C13H17N5O3S/c1-21-11-4-6-12(7-5-11)22(19,20)18-8-2-3-10(9-18)13-14-16-17-15-13/h4-7,10H,2-3,8-9H2,1H3,(H,14,15,16,17). The molecular formula is C13H17N5O3S. The molecule has 0 bridgehead atoms. The molecule has 118 valence electrons. The van der Waals surface area contributed by atoms with E-state index in [2.05, 4.69) is 20.6 Å². The Morgan fingerprint density at radius 3 is 2.73 bits per heavy atom. The minimum absolute atomic E-state index is 0.0273. The van der Waals surface area contributed by atoms with E-state index in [-0.39, 0.29) is 10.8 Å². The highest BCUT2D eigenvalue weighted by atomic mass is 32.2. The van der Waals surface area contributed by atoms with Crippen molar-refractivity contribution in [2.24, 2.45) is 0 Å². The summed E-state index contributed by atoms with van der Waals surface area (Å²) in [5.41, 5.74) is 0. The van der Waals surface area contributed by atoms with Crippen molar-refractivity contribution in [3.05, 3.63) is 30.1 Å². The fourth-order valence-corrected chi connectivity index (χ4v) is 4.13. The van der Waals surface area contributed by atoms with E-state index in [1.165, 1.54) is 4.31 Å². The summed E-state index contributed by atoms with van der Waals surface area (Å²) in [6.07, 6.45) is 1.63. The maximum absolute atomic E-state index is 12.7. The first kappa shape index (κ1) is 14.9. The minimum atomic E-state index is -3.52. The van der Waals surface area contributed by atoms with Crippen molar-refractivity contribution in [1.29, 1.82) is 0 Å². The lowest BCUT2D eigenvalue weighted by atomic mass is 9.99. The van der Waals surface area contributed by atoms with Gasteiger partial charge in [0.25, 0.3) is 0 Å². The van der Waals surface area contributed by atoms with E-state index in [0.717, 1.165) is 12.8 Å². The number of tetrazole rings is 1. The lowest BCUT2D eigenvalue weighted by molar-refractivity contribution is 0.309. The summed E-state index contributed by atoms with van der Waals surface area (Å²) < 4.78 is 32.0. The first-order chi connectivity index (χ1) is 10.6. The lowest BCUT2D eigenvalue weighted by Gasteiger charge is -2.30. The summed E-state index contributed by atoms with van der Waals surface area (Å²) in [7, 11) is -1.97. The Kier molecular flexibility index (Phi) is 4.08. The average Bonchev–Trinajstić information content (AvgIpc) is 3.09. The van der Waals surface area contributed by atoms with Crippen molar-refractivity contribution in [2.45, 2.75) is 23.7 Å². The van der Waals surface area contributed by atoms with E-state index in [9.17, 15) is 8.42 Å². The van der Waals surface area contributed by atoms with Crippen molar-refractivity contribution in [3.8, 4) is 5.75 Å². The predicted octanol–water partition coefficient (Wildman–Crippen LogP) is 0.777. The van der Waals surface area contributed by atoms with E-state index < -0.39 is 10.0 Å². The maximum atomic E-state index is 12.7. The van der Waals surface area contributed by atoms with Crippen LogP contribution in [0, 0.1) is 0 Å². The second-order valence-corrected chi connectivity index (χ2v) is 7.09. The molecule has 1 N–H and O–H groups in total. The van der Waals surface area contributed by atoms with E-state index in [1.54, 1.807) is 31.4 Å². The summed E-state index contributed by atoms with van der Waals surface area (Å²) in [6.45, 7) is 0.872. The predicted molar refractivity (Wildman–Crippen MR) is 77.9 cm³/mol. The number of rotatable bonds is 4. The fourth-order valence-electron chi connectivity index (χ4n) is 2.61. The quantitative estimate of drug-likeness (QED) is 0.892. The molecule has 9 heteroatoms. The third kappa shape index (κ3) is 2.81. The number of sulfonamides is 1. The molecule has 3 rings (SSSR count). The van der Waals surface area contributed by atoms with Gasteiger partial charge in [-0.1, -0.05) is 5.21 Å². The van der Waals surface area contributed by atoms with Gasteiger partial charge in [0.1, 0.15) is 5.75 Å². The third-order valence-corrected chi connectivity index (χ3v) is 5.69. The Hall–Kier alpha value is -2.00. The number of H-pyrrole nitrogens is 1. The highest BCUT2D eigenvalue weighted by Gasteiger charge is 2.32. The molecule has 1 aliphatic heterocycles. The number of aromatic nitrogens is 4. The smallest absolute Gasteiger partial charge is 0.243 e. The van der Waals surface area contributed by atoms with Gasteiger partial charge in [-0.15, -0.1) is 10.2 Å². The Balaban J connectivity index is 1.81. The Labute approximate surface area is 128 Å². The molecular weight excluding hydrogens is 306 g/mol. The van der Waals surface area contributed by atoms with Crippen LogP contribution in [0.2, 0.25) is 0 Å². The molecule has 22 heavy (non-hydrogen) atoms. The van der Waals surface area contributed by atoms with Crippen LogP contribution in [0.25, 0.3) is 0 Å². The van der Waals surface area contributed by atoms with Crippen LogP contribution in [0.5, 0.6) is 5.75 Å². The van der Waals surface area contributed by atoms with Gasteiger partial charge in [0.05, 0.1) is 12.0 Å². The van der Waals surface area contributed by atoms with E-state index >= 15 is 0 Å². The first-order valence-electron chi connectivity index (χ1n) is 6.99. The average molecular weight is 323 g/mol. The van der Waals surface area contributed by atoms with Gasteiger partial charge < -0.3 is 4.74 Å². The molecule has 1 aliphatic rings. The molecule has 1 saturated heterocycles. The third-order valence-electron chi connectivity index (χ3n) is 3.81. The Morgan fingerprint density at radius 2 is 2.09 bits per heavy atom. The molecule has 0 radical (unpaired) electrons. The maximum Gasteiger partial charge on any atom is 0.243 e. The van der Waals surface area contributed by atoms with Crippen molar-refractivity contribution in [2.75, 3.05) is 20.2 Å². The number of piperidine rings is 1. The molecule has 0 saturated carbocycles. The molecule has 1 atom stereocenters. The summed E-state index contributed by atoms with van der Waals surface area (Å²) in [4.78, 5) is 0.266. The molecule has 1 aromatic heterocycles. The van der Waals surface area contributed by atoms with E-state index in [0.29, 0.717) is 24.7 Å². The number of hydrogen-bond donors (Lipinski definition) is 1. The van der Waals surface area contributed by atoms with Crippen molar-refractivity contribution in [1.82, 2.24) is 24.9 Å². The van der Waals surface area contributed by atoms with E-state index in [1.807, 2.05) is 0 Å². The van der Waals surface area contributed by atoms with Crippen LogP contribution < -0.4 is 4.74 Å². The van der Waals surface area contributed by atoms with Gasteiger partial charge in [-0.2, -0.15) is 9.52 Å². The van der Waals surface area contributed by atoms with Crippen LogP contribution in [0.1, 0.15) is 24.6 Å². The van der Waals surface area contributed by atoms with E-state index in [4.69, 9.17) is 4.74 Å². The molecule has 0 amide bonds. The summed E-state index contributed by atoms with van der Waals surface area (Å²) in [6, 6.07) is 6.42. The van der Waals surface area contributed by atoms with Crippen molar-refractivity contribution >= 4 is 10.0 Å². The molecule has 1 fully saturated rings. The number of ether oxygens (including phenoxy) is 1. The summed E-state index contributed by atoms with van der Waals surface area (Å²) >= 11 is 0. The van der Waals surface area contributed by atoms with Gasteiger partial charge in [0.15, 0.2) is 5.82 Å². The SMILES string of the molecule is COc1ccc(S(=O)(=O)N2CCCC(c3nn[nH]n3)C2)cc1. The second kappa shape index (κ2) is 6.01. The molecule has 8 nitrogen and oxygen atoms in total. The van der Waals surface area contributed by atoms with Crippen LogP contribution in [0.15, 0.2) is 29.2 Å². The molecule has 0 spiro atoms. The number of benzene rings is 1. The van der Waals surface area contributed by atoms with Crippen LogP contribution in [-0.2, 0) is 10.0 Å². The number of hydrogen-bond acceptors (Lipinski definition) is 6. The van der Waals surface area contributed by atoms with Crippen LogP contribution in [0.4, 0.5) is 0 Å². The van der Waals surface area contributed by atoms with Crippen LogP contribution in [0.3, 0.4) is 0 Å². The summed E-state index contributed by atoms with van der Waals surface area (Å²) in [5.74, 6) is 1.16. The largest absolute Gasteiger partial charge is 0.497 e. The monoisotopic (exact) mass is 323 g/mol. The zero-order chi connectivity index (χ0) is 15.6. The van der Waals surface area contributed by atoms with Gasteiger partial charge in [-0.05, 0) is 37.1 Å².